The lowest BCUT2D eigenvalue weighted by molar-refractivity contribution is 0.141. The van der Waals surface area contributed by atoms with Crippen molar-refractivity contribution in [1.29, 1.82) is 5.26 Å². The number of hydrogen-bond acceptors (Lipinski definition) is 3. The third-order valence-corrected chi connectivity index (χ3v) is 4.19. The SMILES string of the molecule is CC(NC1CC(C)(C)NC(C)(C)C1)c1cccc(C#N)c1. The molecule has 3 heteroatoms. The molecule has 0 saturated carbocycles. The second kappa shape index (κ2) is 5.79. The molecule has 0 aromatic heterocycles. The first-order chi connectivity index (χ1) is 9.71. The number of benzene rings is 1. The summed E-state index contributed by atoms with van der Waals surface area (Å²) < 4.78 is 0. The van der Waals surface area contributed by atoms with E-state index in [0.717, 1.165) is 18.4 Å². The van der Waals surface area contributed by atoms with Crippen molar-refractivity contribution in [1.82, 2.24) is 10.6 Å². The van der Waals surface area contributed by atoms with Crippen LogP contribution >= 0.6 is 0 Å². The lowest BCUT2D eigenvalue weighted by Crippen LogP contribution is -2.61. The molecule has 1 aromatic carbocycles. The molecule has 1 fully saturated rings. The van der Waals surface area contributed by atoms with E-state index in [1.54, 1.807) is 0 Å². The van der Waals surface area contributed by atoms with Crippen LogP contribution in [0.4, 0.5) is 0 Å². The second-order valence-electron chi connectivity index (χ2n) is 7.62. The predicted octanol–water partition coefficient (Wildman–Crippen LogP) is 3.52. The lowest BCUT2D eigenvalue weighted by Gasteiger charge is -2.47. The zero-order chi connectivity index (χ0) is 15.7. The molecule has 1 saturated heterocycles. The summed E-state index contributed by atoms with van der Waals surface area (Å²) in [5, 5.41) is 16.5. The fourth-order valence-electron chi connectivity index (χ4n) is 3.77. The molecule has 1 unspecified atom stereocenters. The first-order valence-corrected chi connectivity index (χ1v) is 7.76. The molecule has 1 atom stereocenters. The first kappa shape index (κ1) is 16.0. The molecule has 0 aliphatic carbocycles. The Morgan fingerprint density at radius 2 is 1.86 bits per heavy atom. The molecule has 0 bridgehead atoms. The Labute approximate surface area is 128 Å². The molecule has 114 valence electrons. The Hall–Kier alpha value is -1.37. The van der Waals surface area contributed by atoms with E-state index < -0.39 is 0 Å². The van der Waals surface area contributed by atoms with E-state index in [0.29, 0.717) is 6.04 Å². The van der Waals surface area contributed by atoms with Crippen LogP contribution in [0.2, 0.25) is 0 Å². The lowest BCUT2D eigenvalue weighted by atomic mass is 9.79. The van der Waals surface area contributed by atoms with Crippen LogP contribution in [0.3, 0.4) is 0 Å². The van der Waals surface area contributed by atoms with E-state index in [9.17, 15) is 0 Å². The van der Waals surface area contributed by atoms with Crippen molar-refractivity contribution in [3.05, 3.63) is 35.4 Å². The fourth-order valence-corrected chi connectivity index (χ4v) is 3.77. The summed E-state index contributed by atoms with van der Waals surface area (Å²) in [5.41, 5.74) is 2.21. The highest BCUT2D eigenvalue weighted by atomic mass is 15.1. The van der Waals surface area contributed by atoms with Gasteiger partial charge in [-0.05, 0) is 65.2 Å². The standard InChI is InChI=1S/C18H27N3/c1-13(15-8-6-7-14(9-15)12-19)20-16-10-17(2,3)21-18(4,5)11-16/h6-9,13,16,20-21H,10-11H2,1-5H3. The molecule has 1 aliphatic rings. The molecule has 2 N–H and O–H groups in total. The fraction of sp³-hybridized carbons (Fsp3) is 0.611. The molecule has 1 heterocycles. The second-order valence-corrected chi connectivity index (χ2v) is 7.62. The minimum atomic E-state index is 0.146. The quantitative estimate of drug-likeness (QED) is 0.893. The van der Waals surface area contributed by atoms with Crippen molar-refractivity contribution < 1.29 is 0 Å². The molecule has 0 amide bonds. The first-order valence-electron chi connectivity index (χ1n) is 7.76. The van der Waals surface area contributed by atoms with Crippen molar-refractivity contribution >= 4 is 0 Å². The van der Waals surface area contributed by atoms with Crippen LogP contribution in [0.5, 0.6) is 0 Å². The highest BCUT2D eigenvalue weighted by Gasteiger charge is 2.37. The summed E-state index contributed by atoms with van der Waals surface area (Å²) in [6.07, 6.45) is 2.22. The molecular weight excluding hydrogens is 258 g/mol. The molecule has 0 spiro atoms. The van der Waals surface area contributed by atoms with Gasteiger partial charge in [-0.1, -0.05) is 12.1 Å². The van der Waals surface area contributed by atoms with Crippen molar-refractivity contribution in [3.8, 4) is 6.07 Å². The maximum absolute atomic E-state index is 9.02. The number of hydrogen-bond donors (Lipinski definition) is 2. The van der Waals surface area contributed by atoms with Gasteiger partial charge in [-0.25, -0.2) is 0 Å². The highest BCUT2D eigenvalue weighted by molar-refractivity contribution is 5.34. The van der Waals surface area contributed by atoms with E-state index in [1.165, 1.54) is 5.56 Å². The van der Waals surface area contributed by atoms with Crippen LogP contribution in [0.25, 0.3) is 0 Å². The van der Waals surface area contributed by atoms with Gasteiger partial charge in [0.15, 0.2) is 0 Å². The number of nitriles is 1. The number of nitrogens with one attached hydrogen (secondary N) is 2. The maximum atomic E-state index is 9.02. The topological polar surface area (TPSA) is 47.8 Å². The zero-order valence-electron chi connectivity index (χ0n) is 13.8. The van der Waals surface area contributed by atoms with Gasteiger partial charge < -0.3 is 10.6 Å². The van der Waals surface area contributed by atoms with E-state index in [1.807, 2.05) is 18.2 Å². The average Bonchev–Trinajstić information content (AvgIpc) is 2.35. The largest absolute Gasteiger partial charge is 0.307 e. The highest BCUT2D eigenvalue weighted by Crippen LogP contribution is 2.30. The molecule has 2 rings (SSSR count). The van der Waals surface area contributed by atoms with Crippen LogP contribution in [0.15, 0.2) is 24.3 Å². The monoisotopic (exact) mass is 285 g/mol. The van der Waals surface area contributed by atoms with Gasteiger partial charge in [0.05, 0.1) is 11.6 Å². The molecular formula is C18H27N3. The number of nitrogens with zero attached hydrogens (tertiary/aromatic N) is 1. The van der Waals surface area contributed by atoms with Gasteiger partial charge in [0.25, 0.3) is 0 Å². The molecule has 21 heavy (non-hydrogen) atoms. The Balaban J connectivity index is 2.08. The smallest absolute Gasteiger partial charge is 0.0991 e. The van der Waals surface area contributed by atoms with Crippen molar-refractivity contribution in [3.63, 3.8) is 0 Å². The molecule has 1 aromatic rings. The Kier molecular flexibility index (Phi) is 4.41. The zero-order valence-corrected chi connectivity index (χ0v) is 13.8. The Morgan fingerprint density at radius 1 is 1.24 bits per heavy atom. The number of piperidine rings is 1. The van der Waals surface area contributed by atoms with Crippen molar-refractivity contribution in [2.75, 3.05) is 0 Å². The van der Waals surface area contributed by atoms with E-state index in [-0.39, 0.29) is 17.1 Å². The number of rotatable bonds is 3. The van der Waals surface area contributed by atoms with Crippen molar-refractivity contribution in [2.45, 2.75) is 70.6 Å². The van der Waals surface area contributed by atoms with Crippen LogP contribution in [0.1, 0.15) is 64.6 Å². The van der Waals surface area contributed by atoms with Crippen LogP contribution in [-0.4, -0.2) is 17.1 Å². The Bertz CT molecular complexity index is 524. The van der Waals surface area contributed by atoms with Gasteiger partial charge in [-0.3, -0.25) is 0 Å². The molecule has 3 nitrogen and oxygen atoms in total. The molecule has 1 aliphatic heterocycles. The van der Waals surface area contributed by atoms with Gasteiger partial charge in [-0.2, -0.15) is 5.26 Å². The third-order valence-electron chi connectivity index (χ3n) is 4.19. The predicted molar refractivity (Wildman–Crippen MR) is 87.0 cm³/mol. The Morgan fingerprint density at radius 3 is 2.43 bits per heavy atom. The van der Waals surface area contributed by atoms with Gasteiger partial charge in [-0.15, -0.1) is 0 Å². The van der Waals surface area contributed by atoms with Gasteiger partial charge in [0, 0.05) is 23.2 Å². The van der Waals surface area contributed by atoms with Gasteiger partial charge in [0.1, 0.15) is 0 Å². The summed E-state index contributed by atoms with van der Waals surface area (Å²) in [6.45, 7) is 11.2. The van der Waals surface area contributed by atoms with Crippen LogP contribution in [-0.2, 0) is 0 Å². The minimum absolute atomic E-state index is 0.146. The molecule has 0 radical (unpaired) electrons. The van der Waals surface area contributed by atoms with Crippen LogP contribution in [0, 0.1) is 11.3 Å². The van der Waals surface area contributed by atoms with E-state index in [2.05, 4.69) is 57.4 Å². The minimum Gasteiger partial charge on any atom is -0.307 e. The van der Waals surface area contributed by atoms with E-state index in [4.69, 9.17) is 5.26 Å². The maximum Gasteiger partial charge on any atom is 0.0991 e. The van der Waals surface area contributed by atoms with Crippen LogP contribution < -0.4 is 10.6 Å². The summed E-state index contributed by atoms with van der Waals surface area (Å²) in [7, 11) is 0. The summed E-state index contributed by atoms with van der Waals surface area (Å²) >= 11 is 0. The van der Waals surface area contributed by atoms with Gasteiger partial charge in [0.2, 0.25) is 0 Å². The average molecular weight is 285 g/mol. The van der Waals surface area contributed by atoms with Crippen molar-refractivity contribution in [2.24, 2.45) is 0 Å². The summed E-state index contributed by atoms with van der Waals surface area (Å²) in [4.78, 5) is 0. The van der Waals surface area contributed by atoms with Gasteiger partial charge >= 0.3 is 0 Å². The van der Waals surface area contributed by atoms with E-state index >= 15 is 0 Å². The third kappa shape index (κ3) is 4.30. The summed E-state index contributed by atoms with van der Waals surface area (Å²) in [5.74, 6) is 0. The summed E-state index contributed by atoms with van der Waals surface area (Å²) in [6, 6.07) is 10.8. The normalized spacial score (nSPS) is 22.5.